The highest BCUT2D eigenvalue weighted by atomic mass is 35.5. The van der Waals surface area contributed by atoms with E-state index in [0.717, 1.165) is 0 Å². The normalized spacial score (nSPS) is 11.8. The molecule has 0 aliphatic rings. The lowest BCUT2D eigenvalue weighted by atomic mass is 10.2. The molecular formula is C17H14ClFN4O2. The fraction of sp³-hybridized carbons (Fsp3) is 0.118. The van der Waals surface area contributed by atoms with Crippen LogP contribution in [0.3, 0.4) is 0 Å². The highest BCUT2D eigenvalue weighted by Crippen LogP contribution is 2.20. The van der Waals surface area contributed by atoms with Crippen LogP contribution in [-0.4, -0.2) is 26.8 Å². The van der Waals surface area contributed by atoms with Gasteiger partial charge in [0.05, 0.1) is 0 Å². The van der Waals surface area contributed by atoms with Crippen LogP contribution in [0.2, 0.25) is 5.02 Å². The van der Waals surface area contributed by atoms with Crippen molar-refractivity contribution in [2.24, 2.45) is 0 Å². The molecule has 6 nitrogen and oxygen atoms in total. The lowest BCUT2D eigenvalue weighted by Crippen LogP contribution is -2.30. The molecule has 0 bridgehead atoms. The number of halogens is 2. The van der Waals surface area contributed by atoms with Gasteiger partial charge in [-0.1, -0.05) is 17.7 Å². The molecule has 1 amide bonds. The second-order valence-corrected chi connectivity index (χ2v) is 5.65. The number of carbonyl (C=O) groups is 1. The van der Waals surface area contributed by atoms with E-state index in [0.29, 0.717) is 16.5 Å². The minimum Gasteiger partial charge on any atom is -0.481 e. The van der Waals surface area contributed by atoms with Crippen LogP contribution in [0.15, 0.2) is 55.1 Å². The Kier molecular flexibility index (Phi) is 4.95. The molecule has 0 aliphatic heterocycles. The Labute approximate surface area is 148 Å². The van der Waals surface area contributed by atoms with E-state index in [1.807, 2.05) is 0 Å². The fourth-order valence-corrected chi connectivity index (χ4v) is 2.33. The maximum Gasteiger partial charge on any atom is 0.265 e. The largest absolute Gasteiger partial charge is 0.481 e. The highest BCUT2D eigenvalue weighted by molar-refractivity contribution is 6.30. The van der Waals surface area contributed by atoms with Crippen molar-refractivity contribution in [1.82, 2.24) is 14.8 Å². The number of hydrogen-bond acceptors (Lipinski definition) is 4. The van der Waals surface area contributed by atoms with Crippen molar-refractivity contribution >= 4 is 23.2 Å². The zero-order valence-corrected chi connectivity index (χ0v) is 13.9. The van der Waals surface area contributed by atoms with Gasteiger partial charge in [0.1, 0.15) is 24.1 Å². The quantitative estimate of drug-likeness (QED) is 0.756. The lowest BCUT2D eigenvalue weighted by Gasteiger charge is -2.15. The monoisotopic (exact) mass is 360 g/mol. The van der Waals surface area contributed by atoms with Crippen LogP contribution in [-0.2, 0) is 4.79 Å². The van der Waals surface area contributed by atoms with Crippen molar-refractivity contribution in [3.63, 3.8) is 0 Å². The second-order valence-electron chi connectivity index (χ2n) is 5.21. The summed E-state index contributed by atoms with van der Waals surface area (Å²) in [6.07, 6.45) is 1.91. The Bertz CT molecular complexity index is 886. The molecule has 2 aromatic carbocycles. The maximum atomic E-state index is 14.2. The van der Waals surface area contributed by atoms with Crippen LogP contribution in [0.25, 0.3) is 5.69 Å². The highest BCUT2D eigenvalue weighted by Gasteiger charge is 2.16. The van der Waals surface area contributed by atoms with Crippen molar-refractivity contribution in [1.29, 1.82) is 0 Å². The molecule has 1 heterocycles. The van der Waals surface area contributed by atoms with E-state index in [1.165, 1.54) is 29.5 Å². The third kappa shape index (κ3) is 4.13. The van der Waals surface area contributed by atoms with Gasteiger partial charge in [-0.05, 0) is 43.3 Å². The van der Waals surface area contributed by atoms with Gasteiger partial charge >= 0.3 is 0 Å². The summed E-state index contributed by atoms with van der Waals surface area (Å²) in [5.41, 5.74) is 0.548. The zero-order chi connectivity index (χ0) is 17.8. The molecule has 0 aliphatic carbocycles. The van der Waals surface area contributed by atoms with Gasteiger partial charge in [-0.3, -0.25) is 4.79 Å². The Balaban J connectivity index is 1.67. The van der Waals surface area contributed by atoms with Gasteiger partial charge < -0.3 is 10.1 Å². The van der Waals surface area contributed by atoms with Crippen LogP contribution in [0.5, 0.6) is 5.75 Å². The van der Waals surface area contributed by atoms with Crippen LogP contribution >= 0.6 is 11.6 Å². The van der Waals surface area contributed by atoms with Gasteiger partial charge in [0, 0.05) is 10.7 Å². The molecule has 0 saturated carbocycles. The Morgan fingerprint density at radius 1 is 1.32 bits per heavy atom. The van der Waals surface area contributed by atoms with E-state index < -0.39 is 17.8 Å². The average molecular weight is 361 g/mol. The van der Waals surface area contributed by atoms with Crippen molar-refractivity contribution in [2.45, 2.75) is 13.0 Å². The number of ether oxygens (including phenoxy) is 1. The van der Waals surface area contributed by atoms with E-state index in [1.54, 1.807) is 37.3 Å². The molecular weight excluding hydrogens is 347 g/mol. The number of anilines is 1. The molecule has 0 fully saturated rings. The number of rotatable bonds is 5. The predicted molar refractivity (Wildman–Crippen MR) is 91.5 cm³/mol. The molecule has 0 spiro atoms. The van der Waals surface area contributed by atoms with Crippen LogP contribution in [0.4, 0.5) is 10.1 Å². The van der Waals surface area contributed by atoms with Crippen LogP contribution < -0.4 is 10.1 Å². The summed E-state index contributed by atoms with van der Waals surface area (Å²) in [5.74, 6) is -0.470. The van der Waals surface area contributed by atoms with E-state index in [9.17, 15) is 9.18 Å². The molecule has 1 N–H and O–H groups in total. The molecule has 3 aromatic rings. The minimum atomic E-state index is -0.781. The van der Waals surface area contributed by atoms with E-state index in [-0.39, 0.29) is 5.69 Å². The topological polar surface area (TPSA) is 69.0 Å². The molecule has 128 valence electrons. The van der Waals surface area contributed by atoms with E-state index in [4.69, 9.17) is 16.3 Å². The minimum absolute atomic E-state index is 0.235. The first kappa shape index (κ1) is 16.9. The fourth-order valence-electron chi connectivity index (χ4n) is 2.14. The third-order valence-corrected chi connectivity index (χ3v) is 3.59. The van der Waals surface area contributed by atoms with Crippen LogP contribution in [0, 0.1) is 5.82 Å². The smallest absolute Gasteiger partial charge is 0.265 e. The van der Waals surface area contributed by atoms with Gasteiger partial charge in [0.25, 0.3) is 5.91 Å². The molecule has 1 unspecified atom stereocenters. The lowest BCUT2D eigenvalue weighted by molar-refractivity contribution is -0.122. The first-order valence-corrected chi connectivity index (χ1v) is 7.78. The van der Waals surface area contributed by atoms with Gasteiger partial charge in [-0.15, -0.1) is 0 Å². The summed E-state index contributed by atoms with van der Waals surface area (Å²) < 4.78 is 21.0. The standard InChI is InChI=1S/C17H14ClFN4O2/c1-11(25-14-4-2-3-12(18)7-14)17(24)22-13-5-6-16(15(19)8-13)23-10-20-9-21-23/h2-11H,1H3,(H,22,24). The second kappa shape index (κ2) is 7.31. The van der Waals surface area contributed by atoms with Crippen molar-refractivity contribution in [2.75, 3.05) is 5.32 Å². The number of carbonyl (C=O) groups excluding carboxylic acids is 1. The van der Waals surface area contributed by atoms with Crippen molar-refractivity contribution in [3.05, 3.63) is 66.0 Å². The Hall–Kier alpha value is -2.93. The van der Waals surface area contributed by atoms with Crippen molar-refractivity contribution in [3.8, 4) is 11.4 Å². The predicted octanol–water partition coefficient (Wildman–Crippen LogP) is 3.47. The number of aromatic nitrogens is 3. The number of nitrogens with zero attached hydrogens (tertiary/aromatic N) is 3. The Morgan fingerprint density at radius 3 is 2.84 bits per heavy atom. The van der Waals surface area contributed by atoms with E-state index in [2.05, 4.69) is 15.4 Å². The third-order valence-electron chi connectivity index (χ3n) is 3.36. The molecule has 0 radical (unpaired) electrons. The van der Waals surface area contributed by atoms with Crippen LogP contribution in [0.1, 0.15) is 6.92 Å². The number of hydrogen-bond donors (Lipinski definition) is 1. The molecule has 25 heavy (non-hydrogen) atoms. The number of benzene rings is 2. The van der Waals surface area contributed by atoms with Gasteiger partial charge in [-0.25, -0.2) is 14.1 Å². The summed E-state index contributed by atoms with van der Waals surface area (Å²) in [4.78, 5) is 16.0. The SMILES string of the molecule is CC(Oc1cccc(Cl)c1)C(=O)Nc1ccc(-n2cncn2)c(F)c1. The van der Waals surface area contributed by atoms with Gasteiger partial charge in [0.15, 0.2) is 11.9 Å². The summed E-state index contributed by atoms with van der Waals surface area (Å²) in [6.45, 7) is 1.59. The molecule has 3 rings (SSSR count). The first-order chi connectivity index (χ1) is 12.0. The number of amides is 1. The molecule has 1 atom stereocenters. The Morgan fingerprint density at radius 2 is 2.16 bits per heavy atom. The first-order valence-electron chi connectivity index (χ1n) is 7.40. The van der Waals surface area contributed by atoms with Gasteiger partial charge in [0.2, 0.25) is 0 Å². The van der Waals surface area contributed by atoms with E-state index >= 15 is 0 Å². The summed E-state index contributed by atoms with van der Waals surface area (Å²) in [6, 6.07) is 11.0. The summed E-state index contributed by atoms with van der Waals surface area (Å²) in [5, 5.41) is 6.99. The summed E-state index contributed by atoms with van der Waals surface area (Å²) in [7, 11) is 0. The number of nitrogens with one attached hydrogen (secondary N) is 1. The maximum absolute atomic E-state index is 14.2. The average Bonchev–Trinajstić information content (AvgIpc) is 3.09. The molecule has 0 saturated heterocycles. The van der Waals surface area contributed by atoms with Crippen molar-refractivity contribution < 1.29 is 13.9 Å². The molecule has 8 heteroatoms. The van der Waals surface area contributed by atoms with Gasteiger partial charge in [-0.2, -0.15) is 5.10 Å². The zero-order valence-electron chi connectivity index (χ0n) is 13.2. The summed E-state index contributed by atoms with van der Waals surface area (Å²) >= 11 is 5.88. The molecule has 1 aromatic heterocycles.